The molecule has 0 fully saturated rings. The zero-order valence-corrected chi connectivity index (χ0v) is 10.4. The molecule has 1 heterocycles. The zero-order chi connectivity index (χ0) is 12.2. The fourth-order valence-corrected chi connectivity index (χ4v) is 2.08. The van der Waals surface area contributed by atoms with E-state index in [1.165, 1.54) is 0 Å². The molecule has 0 amide bonds. The first-order valence-corrected chi connectivity index (χ1v) is 7.13. The molecule has 16 heavy (non-hydrogen) atoms. The molecule has 2 N–H and O–H groups in total. The molecule has 0 aliphatic rings. The molecule has 1 aromatic heterocycles. The smallest absolute Gasteiger partial charge is 0.150 e. The zero-order valence-electron chi connectivity index (χ0n) is 9.63. The number of hydrogen-bond donors (Lipinski definition) is 1. The Morgan fingerprint density at radius 1 is 1.56 bits per heavy atom. The number of aromatic nitrogens is 3. The lowest BCUT2D eigenvalue weighted by Crippen LogP contribution is -2.11. The van der Waals surface area contributed by atoms with Crippen LogP contribution in [0, 0.1) is 0 Å². The molecular formula is C9H18N4O2S. The molecule has 6 nitrogen and oxygen atoms in total. The molecule has 7 heteroatoms. The third-order valence-corrected chi connectivity index (χ3v) is 4.10. The van der Waals surface area contributed by atoms with Gasteiger partial charge in [0.05, 0.1) is 17.6 Å². The number of hydrogen-bond acceptors (Lipinski definition) is 5. The second-order valence-electron chi connectivity index (χ2n) is 3.79. The number of rotatable bonds is 6. The van der Waals surface area contributed by atoms with Crippen molar-refractivity contribution in [2.75, 3.05) is 11.5 Å². The Morgan fingerprint density at radius 2 is 2.25 bits per heavy atom. The number of aryl methyl sites for hydroxylation is 1. The van der Waals surface area contributed by atoms with Crippen molar-refractivity contribution in [3.8, 4) is 0 Å². The quantitative estimate of drug-likeness (QED) is 0.770. The molecule has 0 bridgehead atoms. The van der Waals surface area contributed by atoms with Gasteiger partial charge in [-0.15, -0.1) is 5.10 Å². The Labute approximate surface area is 95.7 Å². The Morgan fingerprint density at radius 3 is 2.75 bits per heavy atom. The second-order valence-corrected chi connectivity index (χ2v) is 6.26. The Bertz CT molecular complexity index is 424. The average Bonchev–Trinajstić information content (AvgIpc) is 2.66. The van der Waals surface area contributed by atoms with Gasteiger partial charge in [-0.25, -0.2) is 8.42 Å². The topological polar surface area (TPSA) is 90.9 Å². The van der Waals surface area contributed by atoms with Gasteiger partial charge in [0.25, 0.3) is 0 Å². The molecule has 0 saturated carbocycles. The molecular weight excluding hydrogens is 228 g/mol. The molecule has 0 saturated heterocycles. The van der Waals surface area contributed by atoms with Crippen molar-refractivity contribution >= 4 is 9.84 Å². The fraction of sp³-hybridized carbons (Fsp3) is 0.778. The van der Waals surface area contributed by atoms with Crippen molar-refractivity contribution in [1.29, 1.82) is 0 Å². The lowest BCUT2D eigenvalue weighted by molar-refractivity contribution is 0.562. The average molecular weight is 246 g/mol. The van der Waals surface area contributed by atoms with E-state index < -0.39 is 9.84 Å². The van der Waals surface area contributed by atoms with Crippen LogP contribution in [-0.2, 0) is 16.4 Å². The van der Waals surface area contributed by atoms with Crippen LogP contribution in [0.15, 0.2) is 6.20 Å². The summed E-state index contributed by atoms with van der Waals surface area (Å²) >= 11 is 0. The Balaban J connectivity index is 2.43. The van der Waals surface area contributed by atoms with Crippen LogP contribution in [-0.4, -0.2) is 34.9 Å². The van der Waals surface area contributed by atoms with E-state index in [1.54, 1.807) is 17.8 Å². The van der Waals surface area contributed by atoms with Gasteiger partial charge in [-0.2, -0.15) is 0 Å². The van der Waals surface area contributed by atoms with E-state index in [-0.39, 0.29) is 17.5 Å². The van der Waals surface area contributed by atoms with Crippen LogP contribution in [0.4, 0.5) is 0 Å². The van der Waals surface area contributed by atoms with Gasteiger partial charge in [-0.1, -0.05) is 12.1 Å². The van der Waals surface area contributed by atoms with E-state index in [0.717, 1.165) is 5.69 Å². The lowest BCUT2D eigenvalue weighted by Gasteiger charge is -2.01. The summed E-state index contributed by atoms with van der Waals surface area (Å²) in [4.78, 5) is 0. The highest BCUT2D eigenvalue weighted by Gasteiger charge is 2.08. The molecule has 0 radical (unpaired) electrons. The maximum atomic E-state index is 11.2. The number of sulfone groups is 1. The van der Waals surface area contributed by atoms with Crippen LogP contribution in [0.25, 0.3) is 0 Å². The van der Waals surface area contributed by atoms with Crippen molar-refractivity contribution < 1.29 is 8.42 Å². The van der Waals surface area contributed by atoms with Crippen LogP contribution in [0.3, 0.4) is 0 Å². The molecule has 1 atom stereocenters. The van der Waals surface area contributed by atoms with Crippen molar-refractivity contribution in [3.05, 3.63) is 11.9 Å². The SMILES string of the molecule is CCS(=O)(=O)CCCn1cc(C(C)N)nn1. The minimum Gasteiger partial charge on any atom is -0.323 e. The van der Waals surface area contributed by atoms with Gasteiger partial charge >= 0.3 is 0 Å². The van der Waals surface area contributed by atoms with E-state index >= 15 is 0 Å². The predicted octanol–water partition coefficient (Wildman–Crippen LogP) is 0.123. The summed E-state index contributed by atoms with van der Waals surface area (Å²) in [7, 11) is -2.89. The maximum absolute atomic E-state index is 11.2. The van der Waals surface area contributed by atoms with Gasteiger partial charge in [0.2, 0.25) is 0 Å². The normalized spacial score (nSPS) is 13.9. The minimum absolute atomic E-state index is 0.145. The van der Waals surface area contributed by atoms with E-state index in [9.17, 15) is 8.42 Å². The van der Waals surface area contributed by atoms with Crippen LogP contribution >= 0.6 is 0 Å². The van der Waals surface area contributed by atoms with E-state index in [0.29, 0.717) is 13.0 Å². The first kappa shape index (κ1) is 13.1. The monoisotopic (exact) mass is 246 g/mol. The lowest BCUT2D eigenvalue weighted by atomic mass is 10.3. The van der Waals surface area contributed by atoms with E-state index in [1.807, 2.05) is 6.92 Å². The molecule has 92 valence electrons. The van der Waals surface area contributed by atoms with Gasteiger partial charge in [-0.3, -0.25) is 4.68 Å². The standard InChI is InChI=1S/C9H18N4O2S/c1-3-16(14,15)6-4-5-13-7-9(8(2)10)11-12-13/h7-8H,3-6,10H2,1-2H3. The number of nitrogens with two attached hydrogens (primary N) is 1. The third-order valence-electron chi connectivity index (χ3n) is 2.31. The van der Waals surface area contributed by atoms with E-state index in [4.69, 9.17) is 5.73 Å². The van der Waals surface area contributed by atoms with Crippen LogP contribution in [0.5, 0.6) is 0 Å². The van der Waals surface area contributed by atoms with Crippen molar-refractivity contribution in [2.45, 2.75) is 32.9 Å². The van der Waals surface area contributed by atoms with Gasteiger partial charge in [0.15, 0.2) is 0 Å². The molecule has 0 spiro atoms. The van der Waals surface area contributed by atoms with Crippen LogP contribution in [0.2, 0.25) is 0 Å². The Kier molecular flexibility index (Phi) is 4.43. The highest BCUT2D eigenvalue weighted by Crippen LogP contribution is 2.04. The molecule has 1 rings (SSSR count). The molecule has 1 aromatic rings. The highest BCUT2D eigenvalue weighted by molar-refractivity contribution is 7.91. The Hall–Kier alpha value is -0.950. The largest absolute Gasteiger partial charge is 0.323 e. The van der Waals surface area contributed by atoms with Crippen LogP contribution in [0.1, 0.15) is 32.0 Å². The van der Waals surface area contributed by atoms with Gasteiger partial charge < -0.3 is 5.73 Å². The molecule has 0 aliphatic heterocycles. The molecule has 0 aromatic carbocycles. The summed E-state index contributed by atoms with van der Waals surface area (Å²) in [5.74, 6) is 0.381. The number of nitrogens with zero attached hydrogens (tertiary/aromatic N) is 3. The predicted molar refractivity (Wildman–Crippen MR) is 61.6 cm³/mol. The van der Waals surface area contributed by atoms with Crippen molar-refractivity contribution in [2.24, 2.45) is 5.73 Å². The van der Waals surface area contributed by atoms with Crippen molar-refractivity contribution in [3.63, 3.8) is 0 Å². The van der Waals surface area contributed by atoms with Gasteiger partial charge in [-0.05, 0) is 13.3 Å². The van der Waals surface area contributed by atoms with Gasteiger partial charge in [0.1, 0.15) is 9.84 Å². The first-order valence-electron chi connectivity index (χ1n) is 5.30. The molecule has 1 unspecified atom stereocenters. The van der Waals surface area contributed by atoms with Crippen molar-refractivity contribution in [1.82, 2.24) is 15.0 Å². The maximum Gasteiger partial charge on any atom is 0.150 e. The summed E-state index contributed by atoms with van der Waals surface area (Å²) < 4.78 is 24.1. The van der Waals surface area contributed by atoms with E-state index in [2.05, 4.69) is 10.3 Å². The third kappa shape index (κ3) is 3.90. The summed E-state index contributed by atoms with van der Waals surface area (Å²) in [5.41, 5.74) is 6.36. The van der Waals surface area contributed by atoms with Crippen LogP contribution < -0.4 is 5.73 Å². The molecule has 0 aliphatic carbocycles. The highest BCUT2D eigenvalue weighted by atomic mass is 32.2. The first-order chi connectivity index (χ1) is 7.44. The summed E-state index contributed by atoms with van der Waals surface area (Å²) in [5, 5.41) is 7.76. The summed E-state index contributed by atoms with van der Waals surface area (Å²) in [6, 6.07) is -0.145. The summed E-state index contributed by atoms with van der Waals surface area (Å²) in [6.45, 7) is 4.04. The summed E-state index contributed by atoms with van der Waals surface area (Å²) in [6.07, 6.45) is 2.31. The minimum atomic E-state index is -2.89. The second kappa shape index (κ2) is 5.40. The van der Waals surface area contributed by atoms with Gasteiger partial charge in [0, 0.05) is 18.3 Å². The fourth-order valence-electron chi connectivity index (χ4n) is 1.22.